The molecule has 2 aromatic rings. The molecule has 0 saturated carbocycles. The SMILES string of the molecule is O=C1NC(=O)C([C@@H]2CCc3cc(Oc4ccc(Cl)cc4Cl)cnc32)S1. The van der Waals surface area contributed by atoms with Gasteiger partial charge in [0.2, 0.25) is 5.91 Å². The average molecular weight is 395 g/mol. The number of hydrogen-bond donors (Lipinski definition) is 1. The van der Waals surface area contributed by atoms with Crippen molar-refractivity contribution in [3.8, 4) is 11.5 Å². The number of benzene rings is 1. The molecule has 1 aromatic heterocycles. The summed E-state index contributed by atoms with van der Waals surface area (Å²) in [6.45, 7) is 0. The van der Waals surface area contributed by atoms with Gasteiger partial charge >= 0.3 is 0 Å². The Morgan fingerprint density at radius 2 is 2.08 bits per heavy atom. The lowest BCUT2D eigenvalue weighted by molar-refractivity contribution is -0.119. The Bertz CT molecular complexity index is 890. The topological polar surface area (TPSA) is 68.3 Å². The van der Waals surface area contributed by atoms with Crippen LogP contribution in [0.25, 0.3) is 0 Å². The molecule has 8 heteroatoms. The molecular formula is C17H12Cl2N2O3S. The zero-order valence-electron chi connectivity index (χ0n) is 12.8. The van der Waals surface area contributed by atoms with Gasteiger partial charge < -0.3 is 4.74 Å². The first-order valence-electron chi connectivity index (χ1n) is 7.64. The number of carbonyl (C=O) groups is 2. The highest BCUT2D eigenvalue weighted by atomic mass is 35.5. The third-order valence-electron chi connectivity index (χ3n) is 4.26. The fourth-order valence-electron chi connectivity index (χ4n) is 3.15. The number of amides is 2. The van der Waals surface area contributed by atoms with Crippen LogP contribution in [0.1, 0.15) is 23.6 Å². The molecule has 1 saturated heterocycles. The molecule has 2 amide bonds. The van der Waals surface area contributed by atoms with Crippen molar-refractivity contribution < 1.29 is 14.3 Å². The van der Waals surface area contributed by atoms with Crippen LogP contribution in [0.5, 0.6) is 11.5 Å². The number of imide groups is 1. The molecule has 0 bridgehead atoms. The van der Waals surface area contributed by atoms with E-state index in [0.29, 0.717) is 21.5 Å². The minimum absolute atomic E-state index is 0.0559. The van der Waals surface area contributed by atoms with E-state index in [9.17, 15) is 9.59 Å². The van der Waals surface area contributed by atoms with Crippen molar-refractivity contribution in [2.24, 2.45) is 0 Å². The van der Waals surface area contributed by atoms with Crippen molar-refractivity contribution >= 4 is 46.1 Å². The number of pyridine rings is 1. The highest BCUT2D eigenvalue weighted by Crippen LogP contribution is 2.42. The molecule has 0 radical (unpaired) electrons. The number of aromatic nitrogens is 1. The number of aryl methyl sites for hydroxylation is 1. The van der Waals surface area contributed by atoms with E-state index in [0.717, 1.165) is 35.9 Å². The van der Waals surface area contributed by atoms with E-state index in [1.54, 1.807) is 24.4 Å². The highest BCUT2D eigenvalue weighted by Gasteiger charge is 2.42. The average Bonchev–Trinajstić information content (AvgIpc) is 3.12. The molecule has 1 N–H and O–H groups in total. The first-order chi connectivity index (χ1) is 12.0. The predicted molar refractivity (Wildman–Crippen MR) is 96.8 cm³/mol. The van der Waals surface area contributed by atoms with E-state index < -0.39 is 5.25 Å². The van der Waals surface area contributed by atoms with Crippen LogP contribution in [0.4, 0.5) is 4.79 Å². The molecule has 4 rings (SSSR count). The summed E-state index contributed by atoms with van der Waals surface area (Å²) >= 11 is 13.1. The van der Waals surface area contributed by atoms with Gasteiger partial charge in [0.25, 0.3) is 5.24 Å². The van der Waals surface area contributed by atoms with Gasteiger partial charge in [0, 0.05) is 16.6 Å². The number of fused-ring (bicyclic) bond motifs is 1. The smallest absolute Gasteiger partial charge is 0.286 e. The maximum Gasteiger partial charge on any atom is 0.286 e. The van der Waals surface area contributed by atoms with Crippen molar-refractivity contribution in [1.82, 2.24) is 10.3 Å². The molecule has 1 aliphatic heterocycles. The molecule has 1 fully saturated rings. The van der Waals surface area contributed by atoms with Crippen LogP contribution >= 0.6 is 35.0 Å². The van der Waals surface area contributed by atoms with E-state index in [2.05, 4.69) is 10.3 Å². The van der Waals surface area contributed by atoms with Crippen LogP contribution in [-0.4, -0.2) is 21.4 Å². The number of hydrogen-bond acceptors (Lipinski definition) is 5. The molecular weight excluding hydrogens is 383 g/mol. The fourth-order valence-corrected chi connectivity index (χ4v) is 4.58. The summed E-state index contributed by atoms with van der Waals surface area (Å²) in [5, 5.41) is 2.60. The summed E-state index contributed by atoms with van der Waals surface area (Å²) in [5.41, 5.74) is 1.89. The fraction of sp³-hybridized carbons (Fsp3) is 0.235. The minimum Gasteiger partial charge on any atom is -0.454 e. The summed E-state index contributed by atoms with van der Waals surface area (Å²) in [6, 6.07) is 6.92. The molecule has 2 heterocycles. The Balaban J connectivity index is 1.57. The number of halogens is 2. The van der Waals surface area contributed by atoms with Crippen molar-refractivity contribution in [2.75, 3.05) is 0 Å². The molecule has 5 nitrogen and oxygen atoms in total. The summed E-state index contributed by atoms with van der Waals surface area (Å²) in [6.07, 6.45) is 3.18. The third kappa shape index (κ3) is 3.21. The summed E-state index contributed by atoms with van der Waals surface area (Å²) in [5.74, 6) is 0.782. The molecule has 1 aromatic carbocycles. The van der Waals surface area contributed by atoms with E-state index in [1.165, 1.54) is 0 Å². The highest BCUT2D eigenvalue weighted by molar-refractivity contribution is 8.15. The van der Waals surface area contributed by atoms with Gasteiger partial charge in [0.05, 0.1) is 11.2 Å². The van der Waals surface area contributed by atoms with Gasteiger partial charge in [-0.1, -0.05) is 35.0 Å². The molecule has 2 atom stereocenters. The second-order valence-corrected chi connectivity index (χ2v) is 7.81. The van der Waals surface area contributed by atoms with E-state index >= 15 is 0 Å². The number of carbonyl (C=O) groups excluding carboxylic acids is 2. The number of nitrogens with zero attached hydrogens (tertiary/aromatic N) is 1. The molecule has 2 aliphatic rings. The van der Waals surface area contributed by atoms with Gasteiger partial charge in [0.1, 0.15) is 16.7 Å². The third-order valence-corrected chi connectivity index (χ3v) is 5.90. The second kappa shape index (κ2) is 6.52. The zero-order valence-corrected chi connectivity index (χ0v) is 15.1. The normalized spacial score (nSPS) is 22.0. The molecule has 1 aliphatic carbocycles. The number of nitrogens with one attached hydrogen (secondary N) is 1. The Kier molecular flexibility index (Phi) is 4.35. The van der Waals surface area contributed by atoms with Gasteiger partial charge in [-0.3, -0.25) is 19.9 Å². The first-order valence-corrected chi connectivity index (χ1v) is 9.28. The van der Waals surface area contributed by atoms with Crippen molar-refractivity contribution in [3.63, 3.8) is 0 Å². The van der Waals surface area contributed by atoms with E-state index in [-0.39, 0.29) is 17.1 Å². The molecule has 25 heavy (non-hydrogen) atoms. The van der Waals surface area contributed by atoms with Crippen LogP contribution in [0.15, 0.2) is 30.5 Å². The maximum absolute atomic E-state index is 11.9. The van der Waals surface area contributed by atoms with Crippen molar-refractivity contribution in [2.45, 2.75) is 24.0 Å². The zero-order chi connectivity index (χ0) is 17.6. The van der Waals surface area contributed by atoms with Crippen LogP contribution in [0.2, 0.25) is 10.0 Å². The Morgan fingerprint density at radius 1 is 1.24 bits per heavy atom. The summed E-state index contributed by atoms with van der Waals surface area (Å²) < 4.78 is 5.80. The lowest BCUT2D eigenvalue weighted by Crippen LogP contribution is -2.28. The minimum atomic E-state index is -0.404. The number of ether oxygens (including phenoxy) is 1. The van der Waals surface area contributed by atoms with Crippen LogP contribution < -0.4 is 10.1 Å². The summed E-state index contributed by atoms with van der Waals surface area (Å²) in [4.78, 5) is 27.8. The van der Waals surface area contributed by atoms with Crippen molar-refractivity contribution in [1.29, 1.82) is 0 Å². The Morgan fingerprint density at radius 3 is 2.80 bits per heavy atom. The maximum atomic E-state index is 11.9. The standard InChI is InChI=1S/C17H12Cl2N2O3S/c18-9-2-4-13(12(19)6-9)24-10-5-8-1-3-11(14(8)20-7-10)15-16(22)21-17(23)25-15/h2,4-7,11,15H,1,3H2,(H,21,22,23)/t11-,15?/m1/s1. The molecule has 0 spiro atoms. The lowest BCUT2D eigenvalue weighted by Gasteiger charge is -2.15. The quantitative estimate of drug-likeness (QED) is 0.825. The number of rotatable bonds is 3. The molecule has 128 valence electrons. The summed E-state index contributed by atoms with van der Waals surface area (Å²) in [7, 11) is 0. The predicted octanol–water partition coefficient (Wildman–Crippen LogP) is 4.56. The van der Waals surface area contributed by atoms with Crippen molar-refractivity contribution in [3.05, 3.63) is 51.8 Å². The number of thioether (sulfide) groups is 1. The van der Waals surface area contributed by atoms with E-state index in [4.69, 9.17) is 27.9 Å². The van der Waals surface area contributed by atoms with E-state index in [1.807, 2.05) is 6.07 Å². The second-order valence-electron chi connectivity index (χ2n) is 5.85. The van der Waals surface area contributed by atoms with Gasteiger partial charge in [-0.25, -0.2) is 0 Å². The Hall–Kier alpha value is -1.76. The van der Waals surface area contributed by atoms with Crippen LogP contribution in [0, 0.1) is 0 Å². The molecule has 1 unspecified atom stereocenters. The Labute approximate surface area is 158 Å². The van der Waals surface area contributed by atoms with Gasteiger partial charge in [0.15, 0.2) is 0 Å². The monoisotopic (exact) mass is 394 g/mol. The van der Waals surface area contributed by atoms with Gasteiger partial charge in [-0.2, -0.15) is 0 Å². The van der Waals surface area contributed by atoms with Crippen LogP contribution in [-0.2, 0) is 11.2 Å². The van der Waals surface area contributed by atoms with Crippen LogP contribution in [0.3, 0.4) is 0 Å². The lowest BCUT2D eigenvalue weighted by atomic mass is 10.0. The largest absolute Gasteiger partial charge is 0.454 e. The first kappa shape index (κ1) is 16.7. The van der Waals surface area contributed by atoms with Gasteiger partial charge in [-0.05, 0) is 42.7 Å². The van der Waals surface area contributed by atoms with Gasteiger partial charge in [-0.15, -0.1) is 0 Å².